The Morgan fingerprint density at radius 1 is 1.25 bits per heavy atom. The van der Waals surface area contributed by atoms with Crippen molar-refractivity contribution in [3.63, 3.8) is 0 Å². The van der Waals surface area contributed by atoms with Crippen LogP contribution in [0.2, 0.25) is 0 Å². The average Bonchev–Trinajstić information content (AvgIpc) is 2.34. The minimum atomic E-state index is -0.330. The van der Waals surface area contributed by atoms with Gasteiger partial charge in [0, 0.05) is 25.2 Å². The van der Waals surface area contributed by atoms with Crippen LogP contribution in [0, 0.1) is 0 Å². The Bertz CT molecular complexity index is 493. The first-order chi connectivity index (χ1) is 9.22. The van der Waals surface area contributed by atoms with Crippen LogP contribution in [0.25, 0.3) is 0 Å². The number of ether oxygens (including phenoxy) is 1. The smallest absolute Gasteiger partial charge is 0.254 e. The second kappa shape index (κ2) is 5.19. The predicted octanol–water partition coefficient (Wildman–Crippen LogP) is 2.17. The zero-order valence-corrected chi connectivity index (χ0v) is 12.8. The number of carbonyl (C=O) groups excluding carboxylic acids is 1. The first kappa shape index (κ1) is 15.0. The molecule has 20 heavy (non-hydrogen) atoms. The van der Waals surface area contributed by atoms with E-state index in [1.807, 2.05) is 56.9 Å². The van der Waals surface area contributed by atoms with Crippen molar-refractivity contribution in [2.75, 3.05) is 13.1 Å². The minimum absolute atomic E-state index is 0.0461. The summed E-state index contributed by atoms with van der Waals surface area (Å²) in [7, 11) is 0. The molecule has 4 nitrogen and oxygen atoms in total. The summed E-state index contributed by atoms with van der Waals surface area (Å²) >= 11 is 0. The molecule has 110 valence electrons. The van der Waals surface area contributed by atoms with Crippen molar-refractivity contribution >= 4 is 5.91 Å². The summed E-state index contributed by atoms with van der Waals surface area (Å²) < 4.78 is 6.01. The summed E-state index contributed by atoms with van der Waals surface area (Å²) in [6, 6.07) is 7.53. The van der Waals surface area contributed by atoms with Gasteiger partial charge < -0.3 is 15.4 Å². The van der Waals surface area contributed by atoms with Gasteiger partial charge in [-0.2, -0.15) is 0 Å². The molecule has 0 aliphatic carbocycles. The van der Waals surface area contributed by atoms with E-state index >= 15 is 0 Å². The quantitative estimate of drug-likeness (QED) is 0.900. The van der Waals surface area contributed by atoms with Crippen LogP contribution < -0.4 is 5.73 Å². The molecule has 1 saturated heterocycles. The van der Waals surface area contributed by atoms with E-state index in [-0.39, 0.29) is 17.1 Å². The second-order valence-corrected chi connectivity index (χ2v) is 6.69. The number of benzene rings is 1. The van der Waals surface area contributed by atoms with Gasteiger partial charge in [0.25, 0.3) is 5.91 Å². The molecule has 0 unspecified atom stereocenters. The highest BCUT2D eigenvalue weighted by Gasteiger charge is 2.40. The summed E-state index contributed by atoms with van der Waals surface area (Å²) in [6.07, 6.45) is 0. The summed E-state index contributed by atoms with van der Waals surface area (Å²) in [5.74, 6) is 0.0461. The number of amides is 1. The molecule has 2 rings (SSSR count). The van der Waals surface area contributed by atoms with Crippen LogP contribution in [0.1, 0.15) is 43.6 Å². The monoisotopic (exact) mass is 276 g/mol. The normalized spacial score (nSPS) is 20.8. The molecule has 4 heteroatoms. The van der Waals surface area contributed by atoms with E-state index in [9.17, 15) is 4.79 Å². The molecule has 1 aliphatic heterocycles. The van der Waals surface area contributed by atoms with Crippen LogP contribution in [-0.2, 0) is 11.3 Å². The predicted molar refractivity (Wildman–Crippen MR) is 79.5 cm³/mol. The maximum absolute atomic E-state index is 12.7. The fraction of sp³-hybridized carbons (Fsp3) is 0.562. The van der Waals surface area contributed by atoms with Crippen LogP contribution in [-0.4, -0.2) is 35.1 Å². The third kappa shape index (κ3) is 3.38. The number of nitrogens with two attached hydrogens (primary N) is 1. The van der Waals surface area contributed by atoms with Crippen LogP contribution in [0.15, 0.2) is 24.3 Å². The van der Waals surface area contributed by atoms with Crippen molar-refractivity contribution in [2.45, 2.75) is 45.4 Å². The number of nitrogens with zero attached hydrogens (tertiary/aromatic N) is 1. The van der Waals surface area contributed by atoms with Crippen LogP contribution in [0.3, 0.4) is 0 Å². The van der Waals surface area contributed by atoms with E-state index < -0.39 is 0 Å². The Hall–Kier alpha value is -1.39. The number of hydrogen-bond donors (Lipinski definition) is 1. The molecule has 0 atom stereocenters. The lowest BCUT2D eigenvalue weighted by Gasteiger charge is -2.47. The molecule has 0 radical (unpaired) electrons. The molecular weight excluding hydrogens is 252 g/mol. The van der Waals surface area contributed by atoms with Gasteiger partial charge in [-0.3, -0.25) is 4.79 Å². The third-order valence-electron chi connectivity index (χ3n) is 3.39. The lowest BCUT2D eigenvalue weighted by Crippen LogP contribution is -2.58. The highest BCUT2D eigenvalue weighted by Crippen LogP contribution is 2.29. The Morgan fingerprint density at radius 3 is 2.40 bits per heavy atom. The zero-order chi connectivity index (χ0) is 15.0. The molecule has 0 saturated carbocycles. The molecule has 1 fully saturated rings. The molecule has 2 N–H and O–H groups in total. The molecular formula is C16H24N2O2. The van der Waals surface area contributed by atoms with Gasteiger partial charge in [0.1, 0.15) is 0 Å². The molecule has 1 aliphatic rings. The Labute approximate surface area is 120 Å². The van der Waals surface area contributed by atoms with E-state index in [4.69, 9.17) is 10.5 Å². The first-order valence-corrected chi connectivity index (χ1v) is 7.01. The number of morpholine rings is 1. The second-order valence-electron chi connectivity index (χ2n) is 6.69. The summed E-state index contributed by atoms with van der Waals surface area (Å²) in [6.45, 7) is 9.72. The van der Waals surface area contributed by atoms with E-state index in [1.165, 1.54) is 0 Å². The zero-order valence-electron chi connectivity index (χ0n) is 12.8. The van der Waals surface area contributed by atoms with E-state index in [0.29, 0.717) is 25.2 Å². The molecule has 1 aromatic carbocycles. The molecule has 0 aromatic heterocycles. The van der Waals surface area contributed by atoms with E-state index in [1.54, 1.807) is 0 Å². The van der Waals surface area contributed by atoms with Crippen LogP contribution in [0.4, 0.5) is 0 Å². The molecule has 1 amide bonds. The third-order valence-corrected chi connectivity index (χ3v) is 3.39. The fourth-order valence-electron chi connectivity index (χ4n) is 2.95. The van der Waals surface area contributed by atoms with Crippen molar-refractivity contribution in [3.8, 4) is 0 Å². The summed E-state index contributed by atoms with van der Waals surface area (Å²) in [5, 5.41) is 0. The van der Waals surface area contributed by atoms with Gasteiger partial charge in [-0.05, 0) is 45.4 Å². The molecule has 1 heterocycles. The van der Waals surface area contributed by atoms with Gasteiger partial charge in [-0.1, -0.05) is 12.1 Å². The Morgan fingerprint density at radius 2 is 1.85 bits per heavy atom. The maximum Gasteiger partial charge on any atom is 0.254 e. The first-order valence-electron chi connectivity index (χ1n) is 7.01. The summed E-state index contributed by atoms with van der Waals surface area (Å²) in [4.78, 5) is 14.5. The Balaban J connectivity index is 2.23. The largest absolute Gasteiger partial charge is 0.366 e. The van der Waals surface area contributed by atoms with E-state index in [2.05, 4.69) is 0 Å². The Kier molecular flexibility index (Phi) is 3.89. The van der Waals surface area contributed by atoms with Gasteiger partial charge in [0.2, 0.25) is 0 Å². The van der Waals surface area contributed by atoms with Crippen molar-refractivity contribution in [1.82, 2.24) is 4.90 Å². The fourth-order valence-corrected chi connectivity index (χ4v) is 2.95. The summed E-state index contributed by atoms with van der Waals surface area (Å²) in [5.41, 5.74) is 6.65. The standard InChI is InChI=1S/C16H24N2O2/c1-15(2)10-18(11-16(3,4)20-15)14(19)13-7-5-6-12(8-13)9-17/h5-8H,9-11,17H2,1-4H3. The van der Waals surface area contributed by atoms with Crippen molar-refractivity contribution in [3.05, 3.63) is 35.4 Å². The lowest BCUT2D eigenvalue weighted by molar-refractivity contribution is -0.171. The van der Waals surface area contributed by atoms with Gasteiger partial charge >= 0.3 is 0 Å². The van der Waals surface area contributed by atoms with Gasteiger partial charge in [-0.25, -0.2) is 0 Å². The van der Waals surface area contributed by atoms with Gasteiger partial charge in [0.15, 0.2) is 0 Å². The topological polar surface area (TPSA) is 55.6 Å². The number of rotatable bonds is 2. The van der Waals surface area contributed by atoms with Gasteiger partial charge in [0.05, 0.1) is 11.2 Å². The molecule has 1 aromatic rings. The lowest BCUT2D eigenvalue weighted by atomic mass is 9.98. The van der Waals surface area contributed by atoms with Gasteiger partial charge in [-0.15, -0.1) is 0 Å². The minimum Gasteiger partial charge on any atom is -0.366 e. The SMILES string of the molecule is CC1(C)CN(C(=O)c2cccc(CN)c2)CC(C)(C)O1. The highest BCUT2D eigenvalue weighted by molar-refractivity contribution is 5.94. The number of hydrogen-bond acceptors (Lipinski definition) is 3. The number of carbonyl (C=O) groups is 1. The molecule has 0 spiro atoms. The highest BCUT2D eigenvalue weighted by atomic mass is 16.5. The van der Waals surface area contributed by atoms with E-state index in [0.717, 1.165) is 5.56 Å². The van der Waals surface area contributed by atoms with Crippen LogP contribution >= 0.6 is 0 Å². The molecule has 0 bridgehead atoms. The van der Waals surface area contributed by atoms with Crippen molar-refractivity contribution < 1.29 is 9.53 Å². The maximum atomic E-state index is 12.7. The van der Waals surface area contributed by atoms with Crippen molar-refractivity contribution in [2.24, 2.45) is 5.73 Å². The van der Waals surface area contributed by atoms with Crippen molar-refractivity contribution in [1.29, 1.82) is 0 Å². The average molecular weight is 276 g/mol. The van der Waals surface area contributed by atoms with Crippen LogP contribution in [0.5, 0.6) is 0 Å².